The first-order valence-electron chi connectivity index (χ1n) is 9.63. The van der Waals surface area contributed by atoms with Crippen LogP contribution in [0.5, 0.6) is 0 Å². The molecule has 0 saturated carbocycles. The fourth-order valence-electron chi connectivity index (χ4n) is 4.34. The number of piperidine rings is 1. The first-order valence-corrected chi connectivity index (χ1v) is 10.0. The highest BCUT2D eigenvalue weighted by molar-refractivity contribution is 6.30. The first-order chi connectivity index (χ1) is 13.2. The molecule has 0 aliphatic carbocycles. The molecule has 1 N–H and O–H groups in total. The Balaban J connectivity index is 1.53. The Hall–Kier alpha value is -1.88. The average Bonchev–Trinajstić information content (AvgIpc) is 2.93. The number of hydrogen-bond acceptors (Lipinski definition) is 4. The third kappa shape index (κ3) is 4.18. The molecule has 4 rings (SSSR count). The van der Waals surface area contributed by atoms with Crippen molar-refractivity contribution in [1.29, 1.82) is 0 Å². The number of hydrogen-bond donors (Lipinski definition) is 1. The van der Waals surface area contributed by atoms with E-state index in [-0.39, 0.29) is 12.7 Å². The minimum absolute atomic E-state index is 0.225. The third-order valence-electron chi connectivity index (χ3n) is 5.63. The second-order valence-corrected chi connectivity index (χ2v) is 7.80. The fraction of sp³-hybridized carbons (Fsp3) is 0.409. The van der Waals surface area contributed by atoms with E-state index in [1.165, 1.54) is 12.8 Å². The normalized spacial score (nSPS) is 23.3. The van der Waals surface area contributed by atoms with Gasteiger partial charge in [0.1, 0.15) is 0 Å². The summed E-state index contributed by atoms with van der Waals surface area (Å²) in [5.41, 5.74) is 3.24. The van der Waals surface area contributed by atoms with Crippen molar-refractivity contribution >= 4 is 17.3 Å². The zero-order valence-corrected chi connectivity index (χ0v) is 16.1. The molecule has 2 aliphatic heterocycles. The van der Waals surface area contributed by atoms with Gasteiger partial charge in [0.2, 0.25) is 0 Å². The van der Waals surface area contributed by atoms with Crippen LogP contribution in [0.3, 0.4) is 0 Å². The Labute approximate surface area is 165 Å². The van der Waals surface area contributed by atoms with E-state index in [9.17, 15) is 5.11 Å². The number of aliphatic hydroxyl groups excluding tert-OH is 1. The lowest BCUT2D eigenvalue weighted by Crippen LogP contribution is -2.44. The second-order valence-electron chi connectivity index (χ2n) is 7.36. The van der Waals surface area contributed by atoms with E-state index < -0.39 is 0 Å². The highest BCUT2D eigenvalue weighted by atomic mass is 35.5. The van der Waals surface area contributed by atoms with Gasteiger partial charge in [0.15, 0.2) is 6.10 Å². The van der Waals surface area contributed by atoms with Gasteiger partial charge in [0.25, 0.3) is 0 Å². The van der Waals surface area contributed by atoms with Crippen LogP contribution in [-0.2, 0) is 4.84 Å². The molecule has 2 aromatic rings. The number of benzene rings is 2. The quantitative estimate of drug-likeness (QED) is 0.750. The summed E-state index contributed by atoms with van der Waals surface area (Å²) in [5.74, 6) is 0. The molecular weight excluding hydrogens is 360 g/mol. The second kappa shape index (κ2) is 8.42. The highest BCUT2D eigenvalue weighted by Gasteiger charge is 2.39. The molecule has 0 amide bonds. The van der Waals surface area contributed by atoms with Gasteiger partial charge in [-0.2, -0.15) is 0 Å². The molecule has 2 aliphatic rings. The SMILES string of the molecule is OCCN1C2CCC1CC(=NOC(c1ccccc1)c1ccc(Cl)cc1)C2. The van der Waals surface area contributed by atoms with Crippen LogP contribution in [0.15, 0.2) is 59.8 Å². The largest absolute Gasteiger partial charge is 0.395 e. The van der Waals surface area contributed by atoms with Crippen molar-refractivity contribution in [3.63, 3.8) is 0 Å². The zero-order chi connectivity index (χ0) is 18.6. The molecule has 0 aromatic heterocycles. The number of halogens is 1. The molecule has 0 spiro atoms. The minimum atomic E-state index is -0.246. The molecule has 2 heterocycles. The van der Waals surface area contributed by atoms with Crippen LogP contribution in [0.4, 0.5) is 0 Å². The van der Waals surface area contributed by atoms with Crippen molar-refractivity contribution in [1.82, 2.24) is 4.90 Å². The molecule has 2 fully saturated rings. The molecule has 27 heavy (non-hydrogen) atoms. The lowest BCUT2D eigenvalue weighted by molar-refractivity contribution is 0.0818. The van der Waals surface area contributed by atoms with Gasteiger partial charge in [-0.05, 0) is 36.1 Å². The van der Waals surface area contributed by atoms with Crippen molar-refractivity contribution in [2.45, 2.75) is 43.9 Å². The van der Waals surface area contributed by atoms with Crippen LogP contribution in [0, 0.1) is 0 Å². The standard InChI is InChI=1S/C22H25ClN2O2/c23-18-8-6-17(7-9-18)22(16-4-2-1-3-5-16)27-24-19-14-20-10-11-21(15-19)25(20)12-13-26/h1-9,20-22,26H,10-15H2. The Morgan fingerprint density at radius 1 is 1.00 bits per heavy atom. The maximum absolute atomic E-state index is 9.29. The summed E-state index contributed by atoms with van der Waals surface area (Å²) in [7, 11) is 0. The Morgan fingerprint density at radius 3 is 2.26 bits per heavy atom. The van der Waals surface area contributed by atoms with Gasteiger partial charge in [0.05, 0.1) is 12.3 Å². The summed E-state index contributed by atoms with van der Waals surface area (Å²) < 4.78 is 0. The number of oxime groups is 1. The predicted octanol–water partition coefficient (Wildman–Crippen LogP) is 4.42. The zero-order valence-electron chi connectivity index (χ0n) is 15.3. The number of rotatable bonds is 6. The van der Waals surface area contributed by atoms with Gasteiger partial charge >= 0.3 is 0 Å². The fourth-order valence-corrected chi connectivity index (χ4v) is 4.47. The van der Waals surface area contributed by atoms with Gasteiger partial charge in [-0.1, -0.05) is 59.2 Å². The highest BCUT2D eigenvalue weighted by Crippen LogP contribution is 2.35. The molecule has 0 radical (unpaired) electrons. The minimum Gasteiger partial charge on any atom is -0.395 e. The number of nitrogens with zero attached hydrogens (tertiary/aromatic N) is 2. The molecule has 3 unspecified atom stereocenters. The number of fused-ring (bicyclic) bond motifs is 2. The molecule has 2 aromatic carbocycles. The Bertz CT molecular complexity index is 763. The van der Waals surface area contributed by atoms with E-state index >= 15 is 0 Å². The van der Waals surface area contributed by atoms with Crippen molar-refractivity contribution in [2.75, 3.05) is 13.2 Å². The van der Waals surface area contributed by atoms with E-state index in [2.05, 4.69) is 22.2 Å². The average molecular weight is 385 g/mol. The summed E-state index contributed by atoms with van der Waals surface area (Å²) in [6, 6.07) is 18.9. The van der Waals surface area contributed by atoms with Crippen LogP contribution in [0.2, 0.25) is 5.02 Å². The lowest BCUT2D eigenvalue weighted by Gasteiger charge is -2.34. The maximum Gasteiger partial charge on any atom is 0.177 e. The third-order valence-corrected chi connectivity index (χ3v) is 5.89. The van der Waals surface area contributed by atoms with E-state index in [4.69, 9.17) is 16.4 Å². The summed E-state index contributed by atoms with van der Waals surface area (Å²) >= 11 is 6.05. The summed E-state index contributed by atoms with van der Waals surface area (Å²) in [6.45, 7) is 0.990. The Kier molecular flexibility index (Phi) is 5.77. The molecular formula is C22H25ClN2O2. The first kappa shape index (κ1) is 18.5. The molecule has 5 heteroatoms. The van der Waals surface area contributed by atoms with Gasteiger partial charge in [0, 0.05) is 36.5 Å². The van der Waals surface area contributed by atoms with Crippen molar-refractivity contribution in [3.05, 3.63) is 70.7 Å². The van der Waals surface area contributed by atoms with Crippen molar-refractivity contribution in [3.8, 4) is 0 Å². The topological polar surface area (TPSA) is 45.1 Å². The molecule has 4 nitrogen and oxygen atoms in total. The van der Waals surface area contributed by atoms with E-state index in [0.717, 1.165) is 36.2 Å². The summed E-state index contributed by atoms with van der Waals surface area (Å²) in [6.07, 6.45) is 3.98. The van der Waals surface area contributed by atoms with Crippen LogP contribution < -0.4 is 0 Å². The van der Waals surface area contributed by atoms with Gasteiger partial charge in [-0.3, -0.25) is 4.90 Å². The maximum atomic E-state index is 9.29. The van der Waals surface area contributed by atoms with Crippen molar-refractivity contribution in [2.24, 2.45) is 5.16 Å². The smallest absolute Gasteiger partial charge is 0.177 e. The van der Waals surface area contributed by atoms with Crippen LogP contribution in [-0.4, -0.2) is 41.0 Å². The molecule has 2 saturated heterocycles. The van der Waals surface area contributed by atoms with Crippen LogP contribution in [0.25, 0.3) is 0 Å². The van der Waals surface area contributed by atoms with Gasteiger partial charge in [-0.25, -0.2) is 0 Å². The predicted molar refractivity (Wildman–Crippen MR) is 108 cm³/mol. The van der Waals surface area contributed by atoms with E-state index in [1.54, 1.807) is 0 Å². The lowest BCUT2D eigenvalue weighted by atomic mass is 10.0. The summed E-state index contributed by atoms with van der Waals surface area (Å²) in [5, 5.41) is 14.6. The number of aliphatic hydroxyl groups is 1. The van der Waals surface area contributed by atoms with Crippen LogP contribution in [0.1, 0.15) is 42.9 Å². The monoisotopic (exact) mass is 384 g/mol. The van der Waals surface area contributed by atoms with Gasteiger partial charge < -0.3 is 9.94 Å². The van der Waals surface area contributed by atoms with Crippen molar-refractivity contribution < 1.29 is 9.94 Å². The molecule has 2 bridgehead atoms. The van der Waals surface area contributed by atoms with E-state index in [1.807, 2.05) is 42.5 Å². The summed E-state index contributed by atoms with van der Waals surface area (Å²) in [4.78, 5) is 8.53. The molecule has 142 valence electrons. The molecule has 3 atom stereocenters. The van der Waals surface area contributed by atoms with Crippen LogP contribution >= 0.6 is 11.6 Å². The van der Waals surface area contributed by atoms with Gasteiger partial charge in [-0.15, -0.1) is 0 Å². The van der Waals surface area contributed by atoms with E-state index in [0.29, 0.717) is 17.1 Å². The Morgan fingerprint density at radius 2 is 1.63 bits per heavy atom.